The van der Waals surface area contributed by atoms with E-state index in [1.165, 1.54) is 34.3 Å². The standard InChI is InChI=1S/C24H28FN3O/c1-17-24(21-5-3-4-6-22(21)26-17)19-11-13-28(14-12-19)16-23(29)27(2)15-18-7-9-20(25)10-8-18/h3-10,19,26H,11-16H2,1-2H3. The van der Waals surface area contributed by atoms with Gasteiger partial charge in [0.25, 0.3) is 0 Å². The van der Waals surface area contributed by atoms with Crippen molar-refractivity contribution in [3.05, 3.63) is 71.2 Å². The topological polar surface area (TPSA) is 39.3 Å². The molecule has 0 aliphatic carbocycles. The predicted molar refractivity (Wildman–Crippen MR) is 114 cm³/mol. The van der Waals surface area contributed by atoms with Gasteiger partial charge in [-0.3, -0.25) is 9.69 Å². The number of rotatable bonds is 5. The number of nitrogens with zero attached hydrogens (tertiary/aromatic N) is 2. The molecule has 0 bridgehead atoms. The number of hydrogen-bond acceptors (Lipinski definition) is 2. The maximum absolute atomic E-state index is 13.0. The number of carbonyl (C=O) groups excluding carboxylic acids is 1. The summed E-state index contributed by atoms with van der Waals surface area (Å²) in [6.45, 7) is 4.97. The Kier molecular flexibility index (Phi) is 5.67. The lowest BCUT2D eigenvalue weighted by Crippen LogP contribution is -2.41. The summed E-state index contributed by atoms with van der Waals surface area (Å²) in [6, 6.07) is 14.8. The van der Waals surface area contributed by atoms with Gasteiger partial charge in [0.15, 0.2) is 0 Å². The number of aryl methyl sites for hydroxylation is 1. The van der Waals surface area contributed by atoms with Crippen LogP contribution in [0.25, 0.3) is 10.9 Å². The van der Waals surface area contributed by atoms with Crippen LogP contribution in [0.1, 0.15) is 35.6 Å². The largest absolute Gasteiger partial charge is 0.358 e. The summed E-state index contributed by atoms with van der Waals surface area (Å²) in [6.07, 6.45) is 2.13. The molecule has 3 aromatic rings. The molecular weight excluding hydrogens is 365 g/mol. The minimum absolute atomic E-state index is 0.107. The van der Waals surface area contributed by atoms with Crippen LogP contribution >= 0.6 is 0 Å². The summed E-state index contributed by atoms with van der Waals surface area (Å²) in [5.41, 5.74) is 4.86. The third-order valence-corrected chi connectivity index (χ3v) is 6.06. The van der Waals surface area contributed by atoms with Crippen LogP contribution in [0.4, 0.5) is 4.39 Å². The Hall–Kier alpha value is -2.66. The lowest BCUT2D eigenvalue weighted by molar-refractivity contribution is -0.131. The van der Waals surface area contributed by atoms with Gasteiger partial charge in [0, 0.05) is 30.2 Å². The summed E-state index contributed by atoms with van der Waals surface area (Å²) >= 11 is 0. The summed E-state index contributed by atoms with van der Waals surface area (Å²) in [5.74, 6) is 0.390. The number of H-pyrrole nitrogens is 1. The Morgan fingerprint density at radius 1 is 1.14 bits per heavy atom. The number of halogens is 1. The van der Waals surface area contributed by atoms with E-state index in [0.29, 0.717) is 19.0 Å². The molecular formula is C24H28FN3O. The van der Waals surface area contributed by atoms with Gasteiger partial charge in [0.2, 0.25) is 5.91 Å². The number of carbonyl (C=O) groups is 1. The molecule has 29 heavy (non-hydrogen) atoms. The molecule has 2 heterocycles. The molecule has 1 N–H and O–H groups in total. The van der Waals surface area contributed by atoms with E-state index in [-0.39, 0.29) is 11.7 Å². The van der Waals surface area contributed by atoms with Gasteiger partial charge in [-0.25, -0.2) is 4.39 Å². The fraction of sp³-hybridized carbons (Fsp3) is 0.375. The molecule has 0 spiro atoms. The maximum Gasteiger partial charge on any atom is 0.236 e. The Morgan fingerprint density at radius 2 is 1.83 bits per heavy atom. The van der Waals surface area contributed by atoms with E-state index < -0.39 is 0 Å². The van der Waals surface area contributed by atoms with Crippen LogP contribution in [0.3, 0.4) is 0 Å². The number of para-hydroxylation sites is 1. The van der Waals surface area contributed by atoms with Gasteiger partial charge in [-0.1, -0.05) is 30.3 Å². The van der Waals surface area contributed by atoms with Crippen molar-refractivity contribution in [2.75, 3.05) is 26.7 Å². The monoisotopic (exact) mass is 393 g/mol. The van der Waals surface area contributed by atoms with Crippen molar-refractivity contribution in [1.29, 1.82) is 0 Å². The number of aromatic amines is 1. The first-order chi connectivity index (χ1) is 14.0. The van der Waals surface area contributed by atoms with Gasteiger partial charge in [-0.15, -0.1) is 0 Å². The number of nitrogens with one attached hydrogen (secondary N) is 1. The first-order valence-electron chi connectivity index (χ1n) is 10.3. The number of fused-ring (bicyclic) bond motifs is 1. The SMILES string of the molecule is Cc1[nH]c2ccccc2c1C1CCN(CC(=O)N(C)Cc2ccc(F)cc2)CC1. The molecule has 0 saturated carbocycles. The van der Waals surface area contributed by atoms with E-state index in [4.69, 9.17) is 0 Å². The molecule has 1 aliphatic heterocycles. The fourth-order valence-corrected chi connectivity index (χ4v) is 4.47. The average molecular weight is 394 g/mol. The van der Waals surface area contributed by atoms with E-state index >= 15 is 0 Å². The van der Waals surface area contributed by atoms with Crippen LogP contribution in [0.15, 0.2) is 48.5 Å². The maximum atomic E-state index is 13.0. The molecule has 1 aromatic heterocycles. The van der Waals surface area contributed by atoms with E-state index in [0.717, 1.165) is 31.5 Å². The molecule has 0 radical (unpaired) electrons. The summed E-state index contributed by atoms with van der Waals surface area (Å²) in [4.78, 5) is 20.1. The Morgan fingerprint density at radius 3 is 2.55 bits per heavy atom. The van der Waals surface area contributed by atoms with E-state index in [1.54, 1.807) is 17.0 Å². The zero-order chi connectivity index (χ0) is 20.4. The quantitative estimate of drug-likeness (QED) is 0.695. The van der Waals surface area contributed by atoms with Gasteiger partial charge in [0.1, 0.15) is 5.82 Å². The van der Waals surface area contributed by atoms with Crippen molar-refractivity contribution in [3.8, 4) is 0 Å². The highest BCUT2D eigenvalue weighted by Crippen LogP contribution is 2.35. The van der Waals surface area contributed by atoms with Crippen LogP contribution in [0.2, 0.25) is 0 Å². The van der Waals surface area contributed by atoms with E-state index in [9.17, 15) is 9.18 Å². The van der Waals surface area contributed by atoms with Crippen molar-refractivity contribution in [2.45, 2.75) is 32.2 Å². The highest BCUT2D eigenvalue weighted by Gasteiger charge is 2.26. The van der Waals surface area contributed by atoms with Gasteiger partial charge >= 0.3 is 0 Å². The third kappa shape index (κ3) is 4.35. The van der Waals surface area contributed by atoms with Crippen molar-refractivity contribution in [3.63, 3.8) is 0 Å². The number of likely N-dealkylation sites (N-methyl/N-ethyl adjacent to an activating group) is 1. The number of benzene rings is 2. The molecule has 0 atom stereocenters. The Bertz CT molecular complexity index is 987. The second-order valence-electron chi connectivity index (χ2n) is 8.14. The van der Waals surface area contributed by atoms with Crippen molar-refractivity contribution in [2.24, 2.45) is 0 Å². The van der Waals surface area contributed by atoms with Crippen LogP contribution in [-0.4, -0.2) is 47.4 Å². The zero-order valence-corrected chi connectivity index (χ0v) is 17.1. The first kappa shape index (κ1) is 19.6. The number of amides is 1. The number of hydrogen-bond donors (Lipinski definition) is 1. The Labute approximate surface area is 171 Å². The minimum atomic E-state index is -0.254. The van der Waals surface area contributed by atoms with E-state index in [2.05, 4.69) is 41.1 Å². The molecule has 2 aromatic carbocycles. The predicted octanol–water partition coefficient (Wildman–Crippen LogP) is 4.45. The van der Waals surface area contributed by atoms with Crippen molar-refractivity contribution >= 4 is 16.8 Å². The highest BCUT2D eigenvalue weighted by atomic mass is 19.1. The second kappa shape index (κ2) is 8.37. The molecule has 1 aliphatic rings. The third-order valence-electron chi connectivity index (χ3n) is 6.06. The lowest BCUT2D eigenvalue weighted by atomic mass is 9.87. The number of piperidine rings is 1. The number of aromatic nitrogens is 1. The summed E-state index contributed by atoms with van der Waals surface area (Å²) in [5, 5.41) is 1.33. The lowest BCUT2D eigenvalue weighted by Gasteiger charge is -2.33. The van der Waals surface area contributed by atoms with Crippen LogP contribution in [0.5, 0.6) is 0 Å². The minimum Gasteiger partial charge on any atom is -0.358 e. The van der Waals surface area contributed by atoms with E-state index in [1.807, 2.05) is 7.05 Å². The Balaban J connectivity index is 1.33. The molecule has 1 fully saturated rings. The molecule has 152 valence electrons. The van der Waals surface area contributed by atoms with Gasteiger partial charge in [-0.05, 0) is 68.1 Å². The average Bonchev–Trinajstić information content (AvgIpc) is 3.06. The van der Waals surface area contributed by atoms with Gasteiger partial charge in [0.05, 0.1) is 6.54 Å². The van der Waals surface area contributed by atoms with Gasteiger partial charge < -0.3 is 9.88 Å². The van der Waals surface area contributed by atoms with Crippen LogP contribution in [0, 0.1) is 12.7 Å². The molecule has 1 amide bonds. The second-order valence-corrected chi connectivity index (χ2v) is 8.14. The number of likely N-dealkylation sites (tertiary alicyclic amines) is 1. The van der Waals surface area contributed by atoms with Crippen LogP contribution in [-0.2, 0) is 11.3 Å². The zero-order valence-electron chi connectivity index (χ0n) is 17.1. The normalized spacial score (nSPS) is 15.7. The van der Waals surface area contributed by atoms with Gasteiger partial charge in [-0.2, -0.15) is 0 Å². The highest BCUT2D eigenvalue weighted by molar-refractivity contribution is 5.85. The molecule has 1 saturated heterocycles. The molecule has 4 rings (SSSR count). The van der Waals surface area contributed by atoms with Crippen molar-refractivity contribution in [1.82, 2.24) is 14.8 Å². The molecule has 5 heteroatoms. The summed E-state index contributed by atoms with van der Waals surface area (Å²) in [7, 11) is 1.81. The molecule has 0 unspecified atom stereocenters. The first-order valence-corrected chi connectivity index (χ1v) is 10.3. The fourth-order valence-electron chi connectivity index (χ4n) is 4.47. The molecule has 4 nitrogen and oxygen atoms in total. The van der Waals surface area contributed by atoms with Crippen LogP contribution < -0.4 is 0 Å². The van der Waals surface area contributed by atoms with Crippen molar-refractivity contribution < 1.29 is 9.18 Å². The smallest absolute Gasteiger partial charge is 0.236 e. The summed E-state index contributed by atoms with van der Waals surface area (Å²) < 4.78 is 13.0.